The fourth-order valence-electron chi connectivity index (χ4n) is 2.59. The lowest BCUT2D eigenvalue weighted by molar-refractivity contribution is 0.0698. The van der Waals surface area contributed by atoms with E-state index >= 15 is 0 Å². The number of aliphatic hydroxyl groups excluding tert-OH is 1. The zero-order valence-electron chi connectivity index (χ0n) is 14.3. The fourth-order valence-corrected chi connectivity index (χ4v) is 2.82. The van der Waals surface area contributed by atoms with Crippen LogP contribution in [0.4, 0.5) is 5.69 Å². The first-order chi connectivity index (χ1) is 12.9. The zero-order valence-corrected chi connectivity index (χ0v) is 15.1. The minimum Gasteiger partial charge on any atom is -0.478 e. The number of aryl methyl sites for hydroxylation is 1. The number of rotatable bonds is 5. The zero-order chi connectivity index (χ0) is 19.6. The molecule has 27 heavy (non-hydrogen) atoms. The van der Waals surface area contributed by atoms with Gasteiger partial charge in [-0.25, -0.2) is 9.48 Å². The third-order valence-electron chi connectivity index (χ3n) is 4.03. The van der Waals surface area contributed by atoms with Gasteiger partial charge < -0.3 is 10.2 Å². The van der Waals surface area contributed by atoms with Gasteiger partial charge in [-0.1, -0.05) is 29.8 Å². The first-order valence-electron chi connectivity index (χ1n) is 8.00. The van der Waals surface area contributed by atoms with Crippen molar-refractivity contribution in [3.63, 3.8) is 0 Å². The van der Waals surface area contributed by atoms with Crippen molar-refractivity contribution in [2.45, 2.75) is 13.5 Å². The van der Waals surface area contributed by atoms with Crippen molar-refractivity contribution in [1.29, 1.82) is 0 Å². The van der Waals surface area contributed by atoms with Gasteiger partial charge in [-0.2, -0.15) is 0 Å². The molecule has 138 valence electrons. The number of nitrogens with zero attached hydrogens (tertiary/aromatic N) is 2. The predicted octanol–water partition coefficient (Wildman–Crippen LogP) is 3.07. The molecule has 0 aliphatic rings. The van der Waals surface area contributed by atoms with Crippen LogP contribution in [0.25, 0.3) is 5.69 Å². The molecule has 0 unspecified atom stereocenters. The van der Waals surface area contributed by atoms with Crippen LogP contribution in [0.5, 0.6) is 0 Å². The van der Waals surface area contributed by atoms with Gasteiger partial charge >= 0.3 is 5.97 Å². The van der Waals surface area contributed by atoms with Gasteiger partial charge in [0.25, 0.3) is 5.56 Å². The largest absolute Gasteiger partial charge is 0.478 e. The highest BCUT2D eigenvalue weighted by atomic mass is 35.5. The van der Waals surface area contributed by atoms with E-state index in [9.17, 15) is 14.7 Å². The van der Waals surface area contributed by atoms with E-state index < -0.39 is 5.97 Å². The Balaban J connectivity index is 2.02. The topological polar surface area (TPSA) is 108 Å². The van der Waals surface area contributed by atoms with Crippen molar-refractivity contribution in [1.82, 2.24) is 9.78 Å². The molecule has 0 radical (unpaired) electrons. The van der Waals surface area contributed by atoms with Crippen LogP contribution < -0.4 is 5.56 Å². The first-order valence-corrected chi connectivity index (χ1v) is 8.38. The Bertz CT molecular complexity index is 1080. The van der Waals surface area contributed by atoms with Gasteiger partial charge in [0.2, 0.25) is 0 Å². The Kier molecular flexibility index (Phi) is 5.25. The first kappa shape index (κ1) is 18.6. The van der Waals surface area contributed by atoms with Crippen molar-refractivity contribution in [3.8, 4) is 5.69 Å². The molecule has 1 aromatic heterocycles. The average Bonchev–Trinajstić information content (AvgIpc) is 2.94. The second-order valence-electron chi connectivity index (χ2n) is 5.81. The highest BCUT2D eigenvalue weighted by Crippen LogP contribution is 2.29. The lowest BCUT2D eigenvalue weighted by Gasteiger charge is -2.02. The number of benzene rings is 2. The van der Waals surface area contributed by atoms with Gasteiger partial charge in [0.15, 0.2) is 0 Å². The third kappa shape index (κ3) is 3.69. The number of aromatic carboxylic acids is 1. The van der Waals surface area contributed by atoms with Crippen LogP contribution in [0.15, 0.2) is 52.3 Å². The maximum absolute atomic E-state index is 12.7. The van der Waals surface area contributed by atoms with Crippen LogP contribution in [-0.2, 0) is 6.61 Å². The quantitative estimate of drug-likeness (QED) is 0.586. The molecule has 0 spiro atoms. The summed E-state index contributed by atoms with van der Waals surface area (Å²) in [6.45, 7) is 1.63. The smallest absolute Gasteiger partial charge is 0.337 e. The second kappa shape index (κ2) is 7.61. The number of aromatic amines is 1. The van der Waals surface area contributed by atoms with E-state index in [4.69, 9.17) is 16.7 Å². The number of hydrogen-bond donors (Lipinski definition) is 3. The van der Waals surface area contributed by atoms with E-state index in [0.29, 0.717) is 11.4 Å². The molecule has 0 atom stereocenters. The number of H-pyrrole nitrogens is 1. The number of hydrogen-bond acceptors (Lipinski definition) is 4. The lowest BCUT2D eigenvalue weighted by Crippen LogP contribution is -2.17. The number of para-hydroxylation sites is 1. The monoisotopic (exact) mass is 385 g/mol. The van der Waals surface area contributed by atoms with E-state index in [1.807, 2.05) is 0 Å². The molecule has 1 heterocycles. The molecule has 0 amide bonds. The number of aromatic nitrogens is 2. The summed E-state index contributed by atoms with van der Waals surface area (Å²) in [5, 5.41) is 21.5. The van der Waals surface area contributed by atoms with Crippen molar-refractivity contribution < 1.29 is 15.0 Å². The van der Waals surface area contributed by atoms with Gasteiger partial charge in [-0.15, -0.1) is 0 Å². The summed E-state index contributed by atoms with van der Waals surface area (Å²) < 4.78 is 1.35. The predicted molar refractivity (Wildman–Crippen MR) is 103 cm³/mol. The maximum Gasteiger partial charge on any atom is 0.337 e. The Labute approximate surface area is 159 Å². The van der Waals surface area contributed by atoms with Gasteiger partial charge in [0.1, 0.15) is 0 Å². The van der Waals surface area contributed by atoms with Gasteiger partial charge in [-0.3, -0.25) is 14.9 Å². The summed E-state index contributed by atoms with van der Waals surface area (Å²) in [7, 11) is 0. The molecule has 0 saturated carbocycles. The number of carbonyl (C=O) groups is 1. The summed E-state index contributed by atoms with van der Waals surface area (Å²) >= 11 is 6.06. The standard InChI is InChI=1S/C19H16ClN3O4/c1-11-15(9-21-17-14(19(26)27)3-2-4-16(17)20)18(25)23(22-11)13-7-5-12(10-24)6-8-13/h2-9,22,24H,10H2,1H3,(H,26,27). The molecule has 7 nitrogen and oxygen atoms in total. The summed E-state index contributed by atoms with van der Waals surface area (Å²) in [6, 6.07) is 11.3. The fraction of sp³-hybridized carbons (Fsp3) is 0.105. The van der Waals surface area contributed by atoms with E-state index in [1.165, 1.54) is 29.1 Å². The number of halogens is 1. The Morgan fingerprint density at radius 2 is 1.96 bits per heavy atom. The molecular formula is C19H16ClN3O4. The second-order valence-corrected chi connectivity index (χ2v) is 6.22. The number of carboxylic acids is 1. The SMILES string of the molecule is Cc1[nH]n(-c2ccc(CO)cc2)c(=O)c1C=Nc1c(Cl)cccc1C(=O)O. The molecular weight excluding hydrogens is 370 g/mol. The average molecular weight is 386 g/mol. The van der Waals surface area contributed by atoms with Crippen molar-refractivity contribution in [2.75, 3.05) is 0 Å². The number of nitrogens with one attached hydrogen (secondary N) is 1. The minimum atomic E-state index is -1.16. The van der Waals surface area contributed by atoms with E-state index in [2.05, 4.69) is 10.1 Å². The van der Waals surface area contributed by atoms with Crippen LogP contribution in [0.3, 0.4) is 0 Å². The van der Waals surface area contributed by atoms with Crippen LogP contribution >= 0.6 is 11.6 Å². The molecule has 2 aromatic carbocycles. The summed E-state index contributed by atoms with van der Waals surface area (Å²) in [6.07, 6.45) is 1.31. The third-order valence-corrected chi connectivity index (χ3v) is 4.34. The van der Waals surface area contributed by atoms with E-state index in [-0.39, 0.29) is 34.0 Å². The van der Waals surface area contributed by atoms with E-state index in [0.717, 1.165) is 5.56 Å². The summed E-state index contributed by atoms with van der Waals surface area (Å²) in [5.74, 6) is -1.16. The Morgan fingerprint density at radius 3 is 2.59 bits per heavy atom. The number of aliphatic imine (C=N–C) groups is 1. The molecule has 3 aromatic rings. The molecule has 8 heteroatoms. The highest BCUT2D eigenvalue weighted by Gasteiger charge is 2.14. The Hall–Kier alpha value is -3.16. The van der Waals surface area contributed by atoms with Crippen LogP contribution in [-0.4, -0.2) is 32.2 Å². The maximum atomic E-state index is 12.7. The molecule has 3 N–H and O–H groups in total. The van der Waals surface area contributed by atoms with Gasteiger partial charge in [-0.05, 0) is 36.8 Å². The number of carboxylic acid groups (broad SMARTS) is 1. The highest BCUT2D eigenvalue weighted by molar-refractivity contribution is 6.33. The normalized spacial score (nSPS) is 11.2. The summed E-state index contributed by atoms with van der Waals surface area (Å²) in [5.41, 5.74) is 1.89. The van der Waals surface area contributed by atoms with Crippen molar-refractivity contribution in [3.05, 3.63) is 80.2 Å². The van der Waals surface area contributed by atoms with Crippen molar-refractivity contribution in [2.24, 2.45) is 4.99 Å². The number of aliphatic hydroxyl groups is 1. The molecule has 3 rings (SSSR count). The molecule has 0 aliphatic carbocycles. The molecule has 0 saturated heterocycles. The van der Waals surface area contributed by atoms with Crippen LogP contribution in [0.2, 0.25) is 5.02 Å². The molecule has 0 bridgehead atoms. The van der Waals surface area contributed by atoms with Crippen molar-refractivity contribution >= 4 is 29.5 Å². The summed E-state index contributed by atoms with van der Waals surface area (Å²) in [4.78, 5) is 28.2. The van der Waals surface area contributed by atoms with Gasteiger partial charge in [0.05, 0.1) is 34.1 Å². The Morgan fingerprint density at radius 1 is 1.26 bits per heavy atom. The minimum absolute atomic E-state index is 0.0492. The van der Waals surface area contributed by atoms with Crippen LogP contribution in [0, 0.1) is 6.92 Å². The van der Waals surface area contributed by atoms with Crippen LogP contribution in [0.1, 0.15) is 27.2 Å². The van der Waals surface area contributed by atoms with Gasteiger partial charge in [0, 0.05) is 11.9 Å². The lowest BCUT2D eigenvalue weighted by atomic mass is 10.2. The molecule has 0 fully saturated rings. The molecule has 0 aliphatic heterocycles. The van der Waals surface area contributed by atoms with E-state index in [1.54, 1.807) is 31.2 Å².